The van der Waals surface area contributed by atoms with Gasteiger partial charge in [0.25, 0.3) is 0 Å². The first-order chi connectivity index (χ1) is 31.4. The Morgan fingerprint density at radius 1 is 0.576 bits per heavy atom. The average molecular weight is 923 g/mol. The highest BCUT2D eigenvalue weighted by molar-refractivity contribution is 5.95. The molecule has 2 rings (SSSR count). The summed E-state index contributed by atoms with van der Waals surface area (Å²) in [5, 5.41) is 26.9. The zero-order valence-corrected chi connectivity index (χ0v) is 39.9. The summed E-state index contributed by atoms with van der Waals surface area (Å²) in [6.45, 7) is 8.46. The standard InChI is InChI=1S/C48H78N10O8/c1-31(2)27-38(57-45(62)39(30-34-19-11-8-12-20-34)56-42(59)35(51)29-33-17-9-7-10-18-33)44(61)54-36(22-15-24-49)43(60)53-26-14-13-21-37(48(65)66)55-46(63)41(23-16-25-50)58(6)47(64)40(52-5)28-32(3)4/h7-12,17-20,31-32,35-41,52H,13-16,21-30,49-51H2,1-6H3,(H,53,60)(H,54,61)(H,55,63)(H,56,59)(H,57,62)(H,65,66)/t35-,36-,37-,38-,39-,40-,41-/m1/s1. The molecule has 66 heavy (non-hydrogen) atoms. The number of benzene rings is 2. The number of nitrogens with two attached hydrogens (primary N) is 3. The molecule has 18 nitrogen and oxygen atoms in total. The van der Waals surface area contributed by atoms with E-state index in [0.29, 0.717) is 32.1 Å². The highest BCUT2D eigenvalue weighted by Crippen LogP contribution is 2.14. The van der Waals surface area contributed by atoms with Gasteiger partial charge in [0, 0.05) is 20.0 Å². The minimum absolute atomic E-state index is 0.0427. The smallest absolute Gasteiger partial charge is 0.326 e. The van der Waals surface area contributed by atoms with Crippen molar-refractivity contribution in [1.29, 1.82) is 0 Å². The lowest BCUT2D eigenvalue weighted by Crippen LogP contribution is -2.58. The number of carboxylic acids is 1. The first kappa shape index (κ1) is 56.7. The second-order valence-electron chi connectivity index (χ2n) is 17.8. The summed E-state index contributed by atoms with van der Waals surface area (Å²) in [4.78, 5) is 95.2. The van der Waals surface area contributed by atoms with E-state index < -0.39 is 77.8 Å². The number of hydrogen-bond acceptors (Lipinski definition) is 11. The van der Waals surface area contributed by atoms with Crippen molar-refractivity contribution in [3.63, 3.8) is 0 Å². The van der Waals surface area contributed by atoms with Crippen LogP contribution in [-0.4, -0.2) is 127 Å². The van der Waals surface area contributed by atoms with Gasteiger partial charge in [0.2, 0.25) is 35.4 Å². The van der Waals surface area contributed by atoms with Crippen molar-refractivity contribution < 1.29 is 38.7 Å². The van der Waals surface area contributed by atoms with Crippen LogP contribution in [0.5, 0.6) is 0 Å². The molecule has 0 unspecified atom stereocenters. The largest absolute Gasteiger partial charge is 0.480 e. The fourth-order valence-corrected chi connectivity index (χ4v) is 7.50. The van der Waals surface area contributed by atoms with Crippen LogP contribution in [0.3, 0.4) is 0 Å². The van der Waals surface area contributed by atoms with Gasteiger partial charge in [-0.1, -0.05) is 88.4 Å². The van der Waals surface area contributed by atoms with Crippen LogP contribution >= 0.6 is 0 Å². The minimum atomic E-state index is -1.25. The quantitative estimate of drug-likeness (QED) is 0.0462. The summed E-state index contributed by atoms with van der Waals surface area (Å²) < 4.78 is 0. The molecule has 0 aliphatic rings. The Kier molecular flexibility index (Phi) is 26.4. The van der Waals surface area contributed by atoms with E-state index in [9.17, 15) is 38.7 Å². The van der Waals surface area contributed by atoms with Crippen LogP contribution in [-0.2, 0) is 46.4 Å². The fourth-order valence-electron chi connectivity index (χ4n) is 7.50. The molecule has 0 saturated carbocycles. The molecule has 0 heterocycles. The lowest BCUT2D eigenvalue weighted by Gasteiger charge is -2.32. The molecule has 13 N–H and O–H groups in total. The third-order valence-corrected chi connectivity index (χ3v) is 11.2. The van der Waals surface area contributed by atoms with Crippen LogP contribution in [0.2, 0.25) is 0 Å². The molecule has 2 aromatic rings. The van der Waals surface area contributed by atoms with Crippen LogP contribution in [0.25, 0.3) is 0 Å². The lowest BCUT2D eigenvalue weighted by atomic mass is 10.00. The molecule has 368 valence electrons. The third kappa shape index (κ3) is 20.8. The normalized spacial score (nSPS) is 14.5. The molecule has 0 spiro atoms. The van der Waals surface area contributed by atoms with Gasteiger partial charge in [-0.15, -0.1) is 0 Å². The molecule has 0 fully saturated rings. The maximum absolute atomic E-state index is 14.0. The molecule has 0 aliphatic heterocycles. The first-order valence-electron chi connectivity index (χ1n) is 23.3. The van der Waals surface area contributed by atoms with Gasteiger partial charge >= 0.3 is 5.97 Å². The van der Waals surface area contributed by atoms with E-state index >= 15 is 0 Å². The molecule has 0 saturated heterocycles. The van der Waals surface area contributed by atoms with Crippen LogP contribution < -0.4 is 49.1 Å². The van der Waals surface area contributed by atoms with Gasteiger partial charge in [-0.05, 0) is 107 Å². The van der Waals surface area contributed by atoms with E-state index in [-0.39, 0.29) is 75.9 Å². The zero-order valence-electron chi connectivity index (χ0n) is 39.9. The van der Waals surface area contributed by atoms with Crippen LogP contribution in [0.15, 0.2) is 60.7 Å². The summed E-state index contributed by atoms with van der Waals surface area (Å²) in [6.07, 6.45) is 3.23. The highest BCUT2D eigenvalue weighted by Gasteiger charge is 2.34. The Bertz CT molecular complexity index is 1800. The Morgan fingerprint density at radius 3 is 1.61 bits per heavy atom. The maximum atomic E-state index is 14.0. The van der Waals surface area contributed by atoms with E-state index in [0.717, 1.165) is 11.1 Å². The molecular formula is C48H78N10O8. The van der Waals surface area contributed by atoms with Crippen molar-refractivity contribution in [3.05, 3.63) is 71.8 Å². The SMILES string of the molecule is CN[C@H](CC(C)C)C(=O)N(C)[C@H](CCCN)C(=O)N[C@H](CCCCNC(=O)[C@@H](CCCN)NC(=O)[C@@H](CC(C)C)NC(=O)[C@@H](Cc1ccccc1)NC(=O)[C@H](N)Cc1ccccc1)C(=O)O. The van der Waals surface area contributed by atoms with Gasteiger partial charge < -0.3 is 59.1 Å². The van der Waals surface area contributed by atoms with E-state index in [4.69, 9.17) is 17.2 Å². The number of carbonyl (C=O) groups excluding carboxylic acids is 6. The van der Waals surface area contributed by atoms with Gasteiger partial charge in [0.05, 0.1) is 12.1 Å². The Balaban J connectivity index is 2.10. The number of aliphatic carboxylic acids is 1. The fraction of sp³-hybridized carbons (Fsp3) is 0.604. The monoisotopic (exact) mass is 923 g/mol. The summed E-state index contributed by atoms with van der Waals surface area (Å²) in [5.74, 6) is -4.11. The average Bonchev–Trinajstić information content (AvgIpc) is 3.28. The molecule has 2 aromatic carbocycles. The number of rotatable bonds is 32. The van der Waals surface area contributed by atoms with Crippen LogP contribution in [0.1, 0.15) is 96.6 Å². The minimum Gasteiger partial charge on any atom is -0.480 e. The summed E-state index contributed by atoms with van der Waals surface area (Å²) in [6, 6.07) is 11.7. The number of nitrogens with zero attached hydrogens (tertiary/aromatic N) is 1. The van der Waals surface area contributed by atoms with Crippen molar-refractivity contribution in [3.8, 4) is 0 Å². The molecule has 0 radical (unpaired) electrons. The van der Waals surface area contributed by atoms with Gasteiger partial charge in [0.15, 0.2) is 0 Å². The van der Waals surface area contributed by atoms with Crippen LogP contribution in [0.4, 0.5) is 0 Å². The number of amides is 6. The Morgan fingerprint density at radius 2 is 1.06 bits per heavy atom. The topological polar surface area (TPSA) is 293 Å². The van der Waals surface area contributed by atoms with Gasteiger partial charge in [-0.3, -0.25) is 28.8 Å². The Hall–Kier alpha value is -5.43. The highest BCUT2D eigenvalue weighted by atomic mass is 16.4. The number of unbranched alkanes of at least 4 members (excludes halogenated alkanes) is 1. The van der Waals surface area contributed by atoms with E-state index in [2.05, 4.69) is 31.9 Å². The summed E-state index contributed by atoms with van der Waals surface area (Å²) in [7, 11) is 3.21. The number of likely N-dealkylation sites (N-methyl/N-ethyl adjacent to an activating group) is 2. The number of carboxylic acid groups (broad SMARTS) is 1. The molecule has 7 atom stereocenters. The molecule has 0 bridgehead atoms. The van der Waals surface area contributed by atoms with E-state index in [1.165, 1.54) is 11.9 Å². The predicted molar refractivity (Wildman–Crippen MR) is 255 cm³/mol. The number of hydrogen-bond donors (Lipinski definition) is 10. The van der Waals surface area contributed by atoms with Crippen molar-refractivity contribution >= 4 is 41.4 Å². The Labute approximate surface area is 391 Å². The summed E-state index contributed by atoms with van der Waals surface area (Å²) >= 11 is 0. The van der Waals surface area contributed by atoms with E-state index in [1.54, 1.807) is 7.05 Å². The maximum Gasteiger partial charge on any atom is 0.326 e. The van der Waals surface area contributed by atoms with Crippen molar-refractivity contribution in [2.45, 2.75) is 141 Å². The first-order valence-corrected chi connectivity index (χ1v) is 23.3. The molecule has 0 aliphatic carbocycles. The van der Waals surface area contributed by atoms with Gasteiger partial charge in [0.1, 0.15) is 30.2 Å². The predicted octanol–water partition coefficient (Wildman–Crippen LogP) is 1.09. The van der Waals surface area contributed by atoms with Crippen molar-refractivity contribution in [2.24, 2.45) is 29.0 Å². The van der Waals surface area contributed by atoms with E-state index in [1.807, 2.05) is 88.4 Å². The lowest BCUT2D eigenvalue weighted by molar-refractivity contribution is -0.145. The molecular weight excluding hydrogens is 845 g/mol. The molecule has 18 heteroatoms. The van der Waals surface area contributed by atoms with Crippen molar-refractivity contribution in [1.82, 2.24) is 36.8 Å². The second kappa shape index (κ2) is 30.7. The third-order valence-electron chi connectivity index (χ3n) is 11.2. The van der Waals surface area contributed by atoms with Crippen molar-refractivity contribution in [2.75, 3.05) is 33.7 Å². The second-order valence-corrected chi connectivity index (χ2v) is 17.8. The molecule has 6 amide bonds. The van der Waals surface area contributed by atoms with Gasteiger partial charge in [-0.25, -0.2) is 4.79 Å². The van der Waals surface area contributed by atoms with Crippen LogP contribution in [0, 0.1) is 11.8 Å². The summed E-state index contributed by atoms with van der Waals surface area (Å²) in [5.41, 5.74) is 19.4. The zero-order chi connectivity index (χ0) is 49.2. The number of carbonyl (C=O) groups is 7. The molecule has 0 aromatic heterocycles. The number of nitrogens with one attached hydrogen (secondary N) is 6. The van der Waals surface area contributed by atoms with Gasteiger partial charge in [-0.2, -0.15) is 0 Å².